The normalized spacial score (nSPS) is 12.0. The van der Waals surface area contributed by atoms with Crippen molar-refractivity contribution in [3.63, 3.8) is 0 Å². The number of aryl methyl sites for hydroxylation is 2. The fourth-order valence-electron chi connectivity index (χ4n) is 3.61. The number of nitrogens with zero attached hydrogens (tertiary/aromatic N) is 1. The maximum atomic E-state index is 14.4. The Labute approximate surface area is 207 Å². The van der Waals surface area contributed by atoms with Crippen LogP contribution in [0.5, 0.6) is 11.5 Å². The molecular weight excluding hydrogens is 494 g/mol. The van der Waals surface area contributed by atoms with Gasteiger partial charge in [0.25, 0.3) is 5.56 Å². The lowest BCUT2D eigenvalue weighted by atomic mass is 9.97. The molecule has 1 N–H and O–H groups in total. The summed E-state index contributed by atoms with van der Waals surface area (Å²) >= 11 is -0.852. The Bertz CT molecular complexity index is 1470. The molecule has 35 heavy (non-hydrogen) atoms. The second-order valence-electron chi connectivity index (χ2n) is 7.85. The fourth-order valence-corrected chi connectivity index (χ4v) is 4.78. The SMILES string of the molecule is Cc1ccc(-c2cc(=O)n(C)cc2-c2cc(CCNS(=O)[O-])ccc2Oc2ccc(F)cc2F)s1. The summed E-state index contributed by atoms with van der Waals surface area (Å²) < 4.78 is 59.1. The van der Waals surface area contributed by atoms with E-state index in [1.807, 2.05) is 25.1 Å². The second kappa shape index (κ2) is 10.6. The highest BCUT2D eigenvalue weighted by Gasteiger charge is 2.18. The highest BCUT2D eigenvalue weighted by molar-refractivity contribution is 7.77. The number of aromatic nitrogens is 1. The van der Waals surface area contributed by atoms with E-state index in [2.05, 4.69) is 4.72 Å². The maximum Gasteiger partial charge on any atom is 0.250 e. The zero-order chi connectivity index (χ0) is 25.1. The van der Waals surface area contributed by atoms with Crippen molar-refractivity contribution in [2.45, 2.75) is 13.3 Å². The molecule has 182 valence electrons. The molecular formula is C25H21F2N2O4S2-. The summed E-state index contributed by atoms with van der Waals surface area (Å²) in [6.07, 6.45) is 2.08. The van der Waals surface area contributed by atoms with Crippen molar-refractivity contribution in [1.82, 2.24) is 9.29 Å². The van der Waals surface area contributed by atoms with Gasteiger partial charge in [-0.1, -0.05) is 6.07 Å². The minimum atomic E-state index is -2.38. The molecule has 0 fully saturated rings. The lowest BCUT2D eigenvalue weighted by molar-refractivity contribution is 0.439. The highest BCUT2D eigenvalue weighted by Crippen LogP contribution is 2.41. The number of rotatable bonds is 8. The number of hydrogen-bond donors (Lipinski definition) is 1. The number of ether oxygens (including phenoxy) is 1. The van der Waals surface area contributed by atoms with Crippen molar-refractivity contribution in [3.05, 3.63) is 93.2 Å². The summed E-state index contributed by atoms with van der Waals surface area (Å²) in [4.78, 5) is 14.5. The van der Waals surface area contributed by atoms with E-state index in [0.717, 1.165) is 27.5 Å². The Hall–Kier alpha value is -3.18. The lowest BCUT2D eigenvalue weighted by Crippen LogP contribution is -2.19. The third-order valence-corrected chi connectivity index (χ3v) is 6.79. The largest absolute Gasteiger partial charge is 0.760 e. The van der Waals surface area contributed by atoms with Gasteiger partial charge in [0.2, 0.25) is 0 Å². The van der Waals surface area contributed by atoms with Gasteiger partial charge in [-0.2, -0.15) is 0 Å². The summed E-state index contributed by atoms with van der Waals surface area (Å²) in [5.74, 6) is -1.42. The van der Waals surface area contributed by atoms with Gasteiger partial charge in [-0.05, 0) is 55.3 Å². The van der Waals surface area contributed by atoms with Crippen LogP contribution in [0, 0.1) is 18.6 Å². The molecule has 0 saturated heterocycles. The van der Waals surface area contributed by atoms with Gasteiger partial charge in [0.1, 0.15) is 11.6 Å². The topological polar surface area (TPSA) is 83.4 Å². The molecule has 0 aliphatic carbocycles. The van der Waals surface area contributed by atoms with E-state index in [1.54, 1.807) is 25.4 Å². The van der Waals surface area contributed by atoms with E-state index in [1.165, 1.54) is 28.0 Å². The van der Waals surface area contributed by atoms with Crippen LogP contribution in [0.4, 0.5) is 8.78 Å². The molecule has 2 heterocycles. The van der Waals surface area contributed by atoms with Gasteiger partial charge in [-0.25, -0.2) is 13.5 Å². The quantitative estimate of drug-likeness (QED) is 0.332. The molecule has 1 unspecified atom stereocenters. The standard InChI is InChI=1S/C25H22F2N2O4S2/c1-15-3-8-24(34-15)19-13-25(30)29(2)14-20(19)18-11-16(9-10-28-35(31)32)4-6-22(18)33-23-7-5-17(26)12-21(23)27/h3-8,11-14,28H,9-10H2,1-2H3,(H,31,32)/p-1. The minimum Gasteiger partial charge on any atom is -0.760 e. The molecule has 2 aromatic heterocycles. The first kappa shape index (κ1) is 24.9. The van der Waals surface area contributed by atoms with Gasteiger partial charge < -0.3 is 13.9 Å². The average Bonchev–Trinajstić information content (AvgIpc) is 3.24. The van der Waals surface area contributed by atoms with Crippen LogP contribution in [0.3, 0.4) is 0 Å². The van der Waals surface area contributed by atoms with Crippen molar-refractivity contribution in [3.8, 4) is 33.1 Å². The molecule has 0 saturated carbocycles. The summed E-state index contributed by atoms with van der Waals surface area (Å²) in [6, 6.07) is 13.7. The molecule has 0 spiro atoms. The molecule has 2 aromatic carbocycles. The van der Waals surface area contributed by atoms with Crippen molar-refractivity contribution in [2.24, 2.45) is 7.05 Å². The first-order chi connectivity index (χ1) is 16.7. The Morgan fingerprint density at radius 1 is 1.03 bits per heavy atom. The van der Waals surface area contributed by atoms with Crippen LogP contribution in [0.15, 0.2) is 65.6 Å². The van der Waals surface area contributed by atoms with E-state index in [4.69, 9.17) is 4.74 Å². The molecule has 4 aromatic rings. The molecule has 6 nitrogen and oxygen atoms in total. The van der Waals surface area contributed by atoms with Gasteiger partial charge in [0.15, 0.2) is 11.6 Å². The number of thiophene rings is 1. The molecule has 10 heteroatoms. The van der Waals surface area contributed by atoms with E-state index < -0.39 is 22.9 Å². The van der Waals surface area contributed by atoms with E-state index in [9.17, 15) is 22.3 Å². The highest BCUT2D eigenvalue weighted by atomic mass is 32.2. The van der Waals surface area contributed by atoms with Crippen molar-refractivity contribution in [2.75, 3.05) is 6.54 Å². The second-order valence-corrected chi connectivity index (χ2v) is 9.89. The number of benzene rings is 2. The van der Waals surface area contributed by atoms with Crippen LogP contribution in [-0.4, -0.2) is 19.9 Å². The third kappa shape index (κ3) is 5.91. The molecule has 0 radical (unpaired) electrons. The van der Waals surface area contributed by atoms with E-state index in [0.29, 0.717) is 28.9 Å². The van der Waals surface area contributed by atoms with Gasteiger partial charge in [-0.3, -0.25) is 9.00 Å². The molecule has 0 aliphatic heterocycles. The van der Waals surface area contributed by atoms with Crippen LogP contribution >= 0.6 is 11.3 Å². The summed E-state index contributed by atoms with van der Waals surface area (Å²) in [6.45, 7) is 2.15. The molecule has 0 aliphatic rings. The zero-order valence-electron chi connectivity index (χ0n) is 18.8. The Morgan fingerprint density at radius 2 is 1.80 bits per heavy atom. The number of nitrogens with one attached hydrogen (secondary N) is 1. The fraction of sp³-hybridized carbons (Fsp3) is 0.160. The predicted octanol–water partition coefficient (Wildman–Crippen LogP) is 5.09. The van der Waals surface area contributed by atoms with Crippen molar-refractivity contribution in [1.29, 1.82) is 0 Å². The van der Waals surface area contributed by atoms with Gasteiger partial charge in [-0.15, -0.1) is 11.3 Å². The molecule has 0 amide bonds. The minimum absolute atomic E-state index is 0.151. The monoisotopic (exact) mass is 515 g/mol. The predicted molar refractivity (Wildman–Crippen MR) is 132 cm³/mol. The maximum absolute atomic E-state index is 14.4. The smallest absolute Gasteiger partial charge is 0.250 e. The van der Waals surface area contributed by atoms with Crippen LogP contribution in [0.1, 0.15) is 10.4 Å². The van der Waals surface area contributed by atoms with E-state index >= 15 is 0 Å². The first-order valence-corrected chi connectivity index (χ1v) is 12.5. The van der Waals surface area contributed by atoms with E-state index in [-0.39, 0.29) is 17.9 Å². The third-order valence-electron chi connectivity index (χ3n) is 5.32. The van der Waals surface area contributed by atoms with Crippen molar-refractivity contribution >= 4 is 22.6 Å². The van der Waals surface area contributed by atoms with Crippen LogP contribution in [0.25, 0.3) is 21.6 Å². The molecule has 4 rings (SSSR count). The molecule has 1 atom stereocenters. The van der Waals surface area contributed by atoms with Gasteiger partial charge >= 0.3 is 0 Å². The average molecular weight is 516 g/mol. The van der Waals surface area contributed by atoms with Crippen LogP contribution < -0.4 is 15.0 Å². The number of halogens is 2. The first-order valence-electron chi connectivity index (χ1n) is 10.6. The van der Waals surface area contributed by atoms with Crippen molar-refractivity contribution < 1.29 is 22.3 Å². The van der Waals surface area contributed by atoms with Crippen LogP contribution in [-0.2, 0) is 24.7 Å². The van der Waals surface area contributed by atoms with Gasteiger partial charge in [0, 0.05) is 69.6 Å². The summed E-state index contributed by atoms with van der Waals surface area (Å²) in [5.41, 5.74) is 2.54. The number of pyridine rings is 1. The lowest BCUT2D eigenvalue weighted by Gasteiger charge is -2.17. The molecule has 0 bridgehead atoms. The Balaban J connectivity index is 1.87. The number of hydrogen-bond acceptors (Lipinski definition) is 5. The van der Waals surface area contributed by atoms with Gasteiger partial charge in [0.05, 0.1) is 0 Å². The zero-order valence-corrected chi connectivity index (χ0v) is 20.5. The summed E-state index contributed by atoms with van der Waals surface area (Å²) in [7, 11) is 1.63. The summed E-state index contributed by atoms with van der Waals surface area (Å²) in [5, 5.41) is 0. The van der Waals surface area contributed by atoms with Crippen LogP contribution in [0.2, 0.25) is 0 Å². The Kier molecular flexibility index (Phi) is 7.56. The Morgan fingerprint density at radius 3 is 2.49 bits per heavy atom.